The van der Waals surface area contributed by atoms with E-state index in [1.165, 1.54) is 12.7 Å². The van der Waals surface area contributed by atoms with Gasteiger partial charge in [-0.1, -0.05) is 30.3 Å². The van der Waals surface area contributed by atoms with Gasteiger partial charge in [0.1, 0.15) is 6.73 Å². The van der Waals surface area contributed by atoms with E-state index in [0.29, 0.717) is 30.8 Å². The third kappa shape index (κ3) is 3.40. The fourth-order valence-electron chi connectivity index (χ4n) is 4.32. The molecule has 2 aromatic rings. The Labute approximate surface area is 176 Å². The van der Waals surface area contributed by atoms with Gasteiger partial charge >= 0.3 is 0 Å². The van der Waals surface area contributed by atoms with Gasteiger partial charge in [-0.05, 0) is 23.6 Å². The van der Waals surface area contributed by atoms with E-state index < -0.39 is 6.23 Å². The second-order valence-corrected chi connectivity index (χ2v) is 7.40. The van der Waals surface area contributed by atoms with Crippen molar-refractivity contribution in [3.63, 3.8) is 0 Å². The molecule has 1 amide bonds. The SMILES string of the molecule is C=CCOCN1c2cc(O)c(OC)cc2C(=O)N2Cc3ccccc3C[C@H]2C1OC. The fourth-order valence-corrected chi connectivity index (χ4v) is 4.32. The van der Waals surface area contributed by atoms with Gasteiger partial charge in [0.2, 0.25) is 0 Å². The highest BCUT2D eigenvalue weighted by Crippen LogP contribution is 2.41. The Morgan fingerprint density at radius 3 is 2.70 bits per heavy atom. The average Bonchev–Trinajstić information content (AvgIpc) is 2.85. The average molecular weight is 410 g/mol. The molecule has 0 aromatic heterocycles. The summed E-state index contributed by atoms with van der Waals surface area (Å²) in [4.78, 5) is 17.4. The van der Waals surface area contributed by atoms with Crippen molar-refractivity contribution in [2.75, 3.05) is 32.5 Å². The molecule has 2 aromatic carbocycles. The number of hydrogen-bond acceptors (Lipinski definition) is 6. The van der Waals surface area contributed by atoms with Crippen molar-refractivity contribution in [3.8, 4) is 11.5 Å². The van der Waals surface area contributed by atoms with Crippen LogP contribution in [-0.4, -0.2) is 55.7 Å². The van der Waals surface area contributed by atoms with Gasteiger partial charge in [-0.25, -0.2) is 0 Å². The van der Waals surface area contributed by atoms with Crippen LogP contribution >= 0.6 is 0 Å². The van der Waals surface area contributed by atoms with Gasteiger partial charge in [-0.3, -0.25) is 4.79 Å². The van der Waals surface area contributed by atoms with Gasteiger partial charge in [0.25, 0.3) is 5.91 Å². The maximum Gasteiger partial charge on any atom is 0.256 e. The molecule has 2 aliphatic rings. The van der Waals surface area contributed by atoms with Crippen LogP contribution in [0.1, 0.15) is 21.5 Å². The number of carbonyl (C=O) groups excluding carboxylic acids is 1. The summed E-state index contributed by atoms with van der Waals surface area (Å²) in [7, 11) is 3.09. The van der Waals surface area contributed by atoms with Crippen LogP contribution in [0.3, 0.4) is 0 Å². The third-order valence-corrected chi connectivity index (χ3v) is 5.73. The number of amides is 1. The number of anilines is 1. The minimum Gasteiger partial charge on any atom is -0.504 e. The van der Waals surface area contributed by atoms with Crippen molar-refractivity contribution < 1.29 is 24.1 Å². The van der Waals surface area contributed by atoms with Crippen LogP contribution in [0.5, 0.6) is 11.5 Å². The molecule has 1 unspecified atom stereocenters. The molecule has 0 saturated heterocycles. The molecular weight excluding hydrogens is 384 g/mol. The number of hydrogen-bond donors (Lipinski definition) is 1. The Bertz CT molecular complexity index is 961. The summed E-state index contributed by atoms with van der Waals surface area (Å²) >= 11 is 0. The zero-order chi connectivity index (χ0) is 21.3. The first-order chi connectivity index (χ1) is 14.6. The molecule has 7 nitrogen and oxygen atoms in total. The quantitative estimate of drug-likeness (QED) is 0.583. The minimum absolute atomic E-state index is 0.0456. The lowest BCUT2D eigenvalue weighted by Gasteiger charge is -2.42. The number of aromatic hydroxyl groups is 1. The Morgan fingerprint density at radius 2 is 2.00 bits per heavy atom. The molecule has 4 rings (SSSR count). The van der Waals surface area contributed by atoms with Gasteiger partial charge < -0.3 is 29.1 Å². The molecular formula is C23H26N2O5. The normalized spacial score (nSPS) is 20.1. The highest BCUT2D eigenvalue weighted by molar-refractivity contribution is 6.02. The van der Waals surface area contributed by atoms with Crippen LogP contribution in [0.2, 0.25) is 0 Å². The Morgan fingerprint density at radius 1 is 1.23 bits per heavy atom. The fraction of sp³-hybridized carbons (Fsp3) is 0.348. The number of methoxy groups -OCH3 is 2. The third-order valence-electron chi connectivity index (χ3n) is 5.73. The molecule has 30 heavy (non-hydrogen) atoms. The number of phenolic OH excluding ortho intramolecular Hbond substituents is 1. The largest absolute Gasteiger partial charge is 0.504 e. The van der Waals surface area contributed by atoms with E-state index in [-0.39, 0.29) is 30.2 Å². The summed E-state index contributed by atoms with van der Waals surface area (Å²) in [6.07, 6.45) is 1.87. The molecule has 0 spiro atoms. The minimum atomic E-state index is -0.457. The van der Waals surface area contributed by atoms with E-state index in [1.54, 1.807) is 25.3 Å². The van der Waals surface area contributed by atoms with E-state index in [2.05, 4.69) is 18.7 Å². The Kier molecular flexibility index (Phi) is 5.65. The van der Waals surface area contributed by atoms with Crippen molar-refractivity contribution >= 4 is 11.6 Å². The maximum atomic E-state index is 13.6. The summed E-state index contributed by atoms with van der Waals surface area (Å²) in [5.74, 6) is 0.0748. The number of carbonyl (C=O) groups is 1. The lowest BCUT2D eigenvalue weighted by molar-refractivity contribution is -0.00363. The van der Waals surface area contributed by atoms with Crippen LogP contribution in [0.4, 0.5) is 5.69 Å². The van der Waals surface area contributed by atoms with Crippen LogP contribution in [-0.2, 0) is 22.4 Å². The second-order valence-electron chi connectivity index (χ2n) is 7.40. The topological polar surface area (TPSA) is 71.5 Å². The number of ether oxygens (including phenoxy) is 3. The first kappa shape index (κ1) is 20.3. The van der Waals surface area contributed by atoms with Crippen LogP contribution in [0.15, 0.2) is 49.1 Å². The van der Waals surface area contributed by atoms with Crippen molar-refractivity contribution in [2.24, 2.45) is 0 Å². The molecule has 2 heterocycles. The Balaban J connectivity index is 1.85. The highest BCUT2D eigenvalue weighted by Gasteiger charge is 2.43. The summed E-state index contributed by atoms with van der Waals surface area (Å²) in [5.41, 5.74) is 3.32. The zero-order valence-electron chi connectivity index (χ0n) is 17.2. The van der Waals surface area contributed by atoms with E-state index >= 15 is 0 Å². The van der Waals surface area contributed by atoms with Crippen LogP contribution in [0, 0.1) is 0 Å². The molecule has 2 atom stereocenters. The second kappa shape index (κ2) is 8.38. The summed E-state index contributed by atoms with van der Waals surface area (Å²) in [6, 6.07) is 11.1. The Hall–Kier alpha value is -3.03. The molecule has 0 radical (unpaired) electrons. The van der Waals surface area contributed by atoms with Crippen molar-refractivity contribution in [1.29, 1.82) is 0 Å². The summed E-state index contributed by atoms with van der Waals surface area (Å²) < 4.78 is 16.9. The van der Waals surface area contributed by atoms with Crippen LogP contribution in [0.25, 0.3) is 0 Å². The zero-order valence-corrected chi connectivity index (χ0v) is 17.2. The lowest BCUT2D eigenvalue weighted by atomic mass is 9.92. The first-order valence-corrected chi connectivity index (χ1v) is 9.85. The molecule has 2 aliphatic heterocycles. The monoisotopic (exact) mass is 410 g/mol. The number of nitrogens with zero attached hydrogens (tertiary/aromatic N) is 2. The first-order valence-electron chi connectivity index (χ1n) is 9.85. The number of phenols is 1. The molecule has 7 heteroatoms. The van der Waals surface area contributed by atoms with Crippen LogP contribution < -0.4 is 9.64 Å². The van der Waals surface area contributed by atoms with E-state index in [9.17, 15) is 9.90 Å². The number of benzene rings is 2. The van der Waals surface area contributed by atoms with Gasteiger partial charge in [0.15, 0.2) is 17.7 Å². The predicted molar refractivity (Wildman–Crippen MR) is 113 cm³/mol. The standard InChI is InChI=1S/C23H26N2O5/c1-4-9-30-14-25-18-12-20(26)21(28-2)11-17(18)22(27)24-13-16-8-6-5-7-15(16)10-19(24)23(25)29-3/h4-8,11-12,19,23,26H,1,9-10,13-14H2,2-3H3/t19-,23?/m0/s1. The van der Waals surface area contributed by atoms with Gasteiger partial charge in [0, 0.05) is 19.7 Å². The highest BCUT2D eigenvalue weighted by atomic mass is 16.5. The van der Waals surface area contributed by atoms with Crippen molar-refractivity contribution in [3.05, 3.63) is 65.7 Å². The lowest BCUT2D eigenvalue weighted by Crippen LogP contribution is -2.55. The maximum absolute atomic E-state index is 13.6. The molecule has 0 fully saturated rings. The van der Waals surface area contributed by atoms with Gasteiger partial charge in [-0.2, -0.15) is 0 Å². The number of fused-ring (bicyclic) bond motifs is 3. The van der Waals surface area contributed by atoms with Gasteiger partial charge in [-0.15, -0.1) is 6.58 Å². The van der Waals surface area contributed by atoms with Crippen molar-refractivity contribution in [1.82, 2.24) is 4.90 Å². The van der Waals surface area contributed by atoms with Crippen molar-refractivity contribution in [2.45, 2.75) is 25.2 Å². The number of rotatable bonds is 6. The van der Waals surface area contributed by atoms with E-state index in [4.69, 9.17) is 14.2 Å². The van der Waals surface area contributed by atoms with E-state index in [0.717, 1.165) is 5.56 Å². The molecule has 158 valence electrons. The smallest absolute Gasteiger partial charge is 0.256 e. The van der Waals surface area contributed by atoms with E-state index in [1.807, 2.05) is 21.9 Å². The molecule has 0 bridgehead atoms. The molecule has 0 aliphatic carbocycles. The molecule has 0 saturated carbocycles. The molecule has 1 N–H and O–H groups in total. The van der Waals surface area contributed by atoms with Gasteiger partial charge in [0.05, 0.1) is 31.0 Å². The summed E-state index contributed by atoms with van der Waals surface area (Å²) in [5, 5.41) is 10.4. The summed E-state index contributed by atoms with van der Waals surface area (Å²) in [6.45, 7) is 4.72. The predicted octanol–water partition coefficient (Wildman–Crippen LogP) is 2.92.